The Morgan fingerprint density at radius 1 is 1.42 bits per heavy atom. The van der Waals surface area contributed by atoms with Crippen LogP contribution in [0.25, 0.3) is 10.3 Å². The quantitative estimate of drug-likeness (QED) is 0.687. The number of fused-ring (bicyclic) bond motifs is 1. The number of carbonyl (C=O) groups excluding carboxylic acids is 1. The van der Waals surface area contributed by atoms with E-state index in [-0.39, 0.29) is 5.01 Å². The van der Waals surface area contributed by atoms with Gasteiger partial charge in [-0.2, -0.15) is 0 Å². The summed E-state index contributed by atoms with van der Waals surface area (Å²) in [6.07, 6.45) is -0.235. The predicted octanol–water partition coefficient (Wildman–Crippen LogP) is 2.79. The molecule has 124 valence electrons. The number of hydrogen-bond acceptors (Lipinski definition) is 6. The van der Waals surface area contributed by atoms with Crippen LogP contribution in [0.3, 0.4) is 0 Å². The fourth-order valence-corrected chi connectivity index (χ4v) is 2.90. The first kappa shape index (κ1) is 16.5. The molecule has 24 heavy (non-hydrogen) atoms. The van der Waals surface area contributed by atoms with Crippen LogP contribution in [0.5, 0.6) is 5.75 Å². The number of amides is 1. The fraction of sp³-hybridized carbons (Fsp3) is 0.0714. The molecule has 1 atom stereocenters. The number of benzene rings is 1. The van der Waals surface area contributed by atoms with Crippen LogP contribution in [-0.2, 0) is 0 Å². The molecule has 0 saturated heterocycles. The average Bonchev–Trinajstić information content (AvgIpc) is 2.93. The molecule has 0 unspecified atom stereocenters. The summed E-state index contributed by atoms with van der Waals surface area (Å²) in [5.41, 5.74) is 4.41. The maximum absolute atomic E-state index is 14.1. The molecule has 2 aromatic heterocycles. The highest BCUT2D eigenvalue weighted by Crippen LogP contribution is 2.30. The van der Waals surface area contributed by atoms with Gasteiger partial charge in [-0.1, -0.05) is 22.9 Å². The van der Waals surface area contributed by atoms with E-state index in [2.05, 4.69) is 9.97 Å². The van der Waals surface area contributed by atoms with E-state index in [0.29, 0.717) is 15.4 Å². The number of rotatable bonds is 4. The lowest BCUT2D eigenvalue weighted by molar-refractivity contribution is -0.0222. The number of nitrogens with zero attached hydrogens (tertiary/aromatic N) is 2. The van der Waals surface area contributed by atoms with Crippen LogP contribution in [0.15, 0.2) is 24.4 Å². The van der Waals surface area contributed by atoms with Crippen LogP contribution >= 0.6 is 22.9 Å². The van der Waals surface area contributed by atoms with Gasteiger partial charge < -0.3 is 15.6 Å². The standard InChI is InChI=1S/C14H8ClF2N3O3S/c15-5-3-7-12(19-4-5)24-13(20-7)14(22)23-8-2-1-6(16)9(10(8)17)11(18)21/h1-4,14,22H,(H2,18,21)/t14-/m0/s1. The third-order valence-electron chi connectivity index (χ3n) is 2.98. The normalized spacial score (nSPS) is 12.3. The second kappa shape index (κ2) is 6.27. The highest BCUT2D eigenvalue weighted by molar-refractivity contribution is 7.18. The van der Waals surface area contributed by atoms with E-state index >= 15 is 0 Å². The molecular formula is C14H8ClF2N3O3S. The minimum atomic E-state index is -1.65. The number of aromatic nitrogens is 2. The van der Waals surface area contributed by atoms with Gasteiger partial charge in [0, 0.05) is 6.20 Å². The summed E-state index contributed by atoms with van der Waals surface area (Å²) < 4.78 is 32.6. The molecule has 3 rings (SSSR count). The van der Waals surface area contributed by atoms with Gasteiger partial charge in [0.2, 0.25) is 0 Å². The Bertz CT molecular complexity index is 950. The van der Waals surface area contributed by atoms with Gasteiger partial charge in [-0.25, -0.2) is 18.7 Å². The van der Waals surface area contributed by atoms with Gasteiger partial charge in [0.15, 0.2) is 16.6 Å². The lowest BCUT2D eigenvalue weighted by atomic mass is 10.1. The smallest absolute Gasteiger partial charge is 0.254 e. The lowest BCUT2D eigenvalue weighted by Crippen LogP contribution is -2.17. The highest BCUT2D eigenvalue weighted by atomic mass is 35.5. The van der Waals surface area contributed by atoms with Crippen LogP contribution in [0.4, 0.5) is 8.78 Å². The first-order valence-electron chi connectivity index (χ1n) is 6.41. The molecule has 1 amide bonds. The summed E-state index contributed by atoms with van der Waals surface area (Å²) in [5, 5.41) is 10.5. The van der Waals surface area contributed by atoms with Crippen molar-refractivity contribution < 1.29 is 23.4 Å². The summed E-state index contributed by atoms with van der Waals surface area (Å²) in [6.45, 7) is 0. The fourth-order valence-electron chi connectivity index (χ4n) is 1.94. The zero-order valence-corrected chi connectivity index (χ0v) is 13.2. The molecule has 0 aliphatic carbocycles. The van der Waals surface area contributed by atoms with Crippen LogP contribution in [0.2, 0.25) is 5.02 Å². The molecule has 3 aromatic rings. The topological polar surface area (TPSA) is 98.3 Å². The number of aliphatic hydroxyl groups is 1. The van der Waals surface area contributed by atoms with E-state index in [4.69, 9.17) is 22.1 Å². The predicted molar refractivity (Wildman–Crippen MR) is 82.9 cm³/mol. The number of primary amides is 1. The van der Waals surface area contributed by atoms with Gasteiger partial charge in [0.25, 0.3) is 12.2 Å². The molecule has 1 aromatic carbocycles. The summed E-state index contributed by atoms with van der Waals surface area (Å²) in [6, 6.07) is 3.29. The average molecular weight is 372 g/mol. The molecule has 0 bridgehead atoms. The maximum Gasteiger partial charge on any atom is 0.254 e. The minimum Gasteiger partial charge on any atom is -0.455 e. The van der Waals surface area contributed by atoms with Crippen molar-refractivity contribution in [2.45, 2.75) is 6.29 Å². The van der Waals surface area contributed by atoms with Crippen molar-refractivity contribution in [1.29, 1.82) is 0 Å². The van der Waals surface area contributed by atoms with Gasteiger partial charge in [0.1, 0.15) is 21.7 Å². The second-order valence-corrected chi connectivity index (χ2v) is 6.04. The summed E-state index contributed by atoms with van der Waals surface area (Å²) in [7, 11) is 0. The van der Waals surface area contributed by atoms with E-state index in [1.165, 1.54) is 6.20 Å². The Morgan fingerprint density at radius 2 is 2.17 bits per heavy atom. The number of thiazole rings is 1. The molecule has 6 nitrogen and oxygen atoms in total. The molecule has 0 radical (unpaired) electrons. The number of pyridine rings is 1. The number of aliphatic hydroxyl groups excluding tert-OH is 1. The largest absolute Gasteiger partial charge is 0.455 e. The Kier molecular flexibility index (Phi) is 4.31. The summed E-state index contributed by atoms with van der Waals surface area (Å²) >= 11 is 6.81. The molecule has 10 heteroatoms. The molecule has 0 aliphatic rings. The van der Waals surface area contributed by atoms with Crippen molar-refractivity contribution in [1.82, 2.24) is 9.97 Å². The van der Waals surface area contributed by atoms with Crippen molar-refractivity contribution in [2.75, 3.05) is 0 Å². The van der Waals surface area contributed by atoms with Crippen LogP contribution in [0.1, 0.15) is 21.7 Å². The highest BCUT2D eigenvalue weighted by Gasteiger charge is 2.23. The molecule has 0 fully saturated rings. The van der Waals surface area contributed by atoms with Crippen LogP contribution < -0.4 is 10.5 Å². The van der Waals surface area contributed by atoms with E-state index in [9.17, 15) is 18.7 Å². The first-order chi connectivity index (χ1) is 11.4. The third-order valence-corrected chi connectivity index (χ3v) is 4.20. The lowest BCUT2D eigenvalue weighted by Gasteiger charge is -2.13. The summed E-state index contributed by atoms with van der Waals surface area (Å²) in [5.74, 6) is -4.25. The number of hydrogen-bond donors (Lipinski definition) is 2. The van der Waals surface area contributed by atoms with Crippen molar-refractivity contribution in [3.05, 3.63) is 51.6 Å². The molecule has 0 aliphatic heterocycles. The van der Waals surface area contributed by atoms with E-state index in [0.717, 1.165) is 23.5 Å². The van der Waals surface area contributed by atoms with Gasteiger partial charge in [0.05, 0.1) is 5.02 Å². The monoisotopic (exact) mass is 371 g/mol. The Hall–Kier alpha value is -2.36. The molecular weight excluding hydrogens is 364 g/mol. The molecule has 3 N–H and O–H groups in total. The number of halogens is 3. The summed E-state index contributed by atoms with van der Waals surface area (Å²) in [4.78, 5) is 19.7. The first-order valence-corrected chi connectivity index (χ1v) is 7.60. The van der Waals surface area contributed by atoms with E-state index in [1.54, 1.807) is 6.07 Å². The minimum absolute atomic E-state index is 0.0871. The van der Waals surface area contributed by atoms with Gasteiger partial charge in [-0.05, 0) is 18.2 Å². The SMILES string of the molecule is NC(=O)c1c(F)ccc(O[C@H](O)c2nc3cc(Cl)cnc3s2)c1F. The number of carbonyl (C=O) groups is 1. The van der Waals surface area contributed by atoms with Gasteiger partial charge in [-0.3, -0.25) is 4.79 Å². The zero-order valence-electron chi connectivity index (χ0n) is 11.7. The van der Waals surface area contributed by atoms with Gasteiger partial charge >= 0.3 is 0 Å². The zero-order chi connectivity index (χ0) is 17.4. The van der Waals surface area contributed by atoms with E-state index < -0.39 is 35.1 Å². The van der Waals surface area contributed by atoms with E-state index in [1.807, 2.05) is 0 Å². The Labute approximate surface area is 142 Å². The number of ether oxygens (including phenoxy) is 1. The molecule has 0 saturated carbocycles. The maximum atomic E-state index is 14.1. The second-order valence-electron chi connectivity index (χ2n) is 4.60. The van der Waals surface area contributed by atoms with Crippen molar-refractivity contribution in [2.24, 2.45) is 5.73 Å². The Morgan fingerprint density at radius 3 is 2.88 bits per heavy atom. The molecule has 0 spiro atoms. The molecule has 2 heterocycles. The van der Waals surface area contributed by atoms with Crippen molar-refractivity contribution in [3.63, 3.8) is 0 Å². The van der Waals surface area contributed by atoms with Crippen molar-refractivity contribution >= 4 is 39.2 Å². The van der Waals surface area contributed by atoms with Crippen LogP contribution in [0, 0.1) is 11.6 Å². The van der Waals surface area contributed by atoms with Gasteiger partial charge in [-0.15, -0.1) is 0 Å². The number of nitrogens with two attached hydrogens (primary N) is 1. The third kappa shape index (κ3) is 3.01. The van der Waals surface area contributed by atoms with Crippen LogP contribution in [-0.4, -0.2) is 21.0 Å². The Balaban J connectivity index is 1.92. The van der Waals surface area contributed by atoms with Crippen molar-refractivity contribution in [3.8, 4) is 5.75 Å².